The van der Waals surface area contributed by atoms with Gasteiger partial charge >= 0.3 is 6.09 Å². The first-order valence-electron chi connectivity index (χ1n) is 10.1. The summed E-state index contributed by atoms with van der Waals surface area (Å²) in [6, 6.07) is 12.2. The summed E-state index contributed by atoms with van der Waals surface area (Å²) in [7, 11) is -3.90. The molecule has 172 valence electrons. The fourth-order valence-corrected chi connectivity index (χ4v) is 4.45. The van der Waals surface area contributed by atoms with Crippen molar-refractivity contribution in [3.05, 3.63) is 59.1 Å². The number of ether oxygens (including phenoxy) is 1. The third kappa shape index (κ3) is 6.14. The Labute approximate surface area is 193 Å². The predicted octanol–water partition coefficient (Wildman–Crippen LogP) is 3.83. The number of piperazine rings is 1. The van der Waals surface area contributed by atoms with Crippen molar-refractivity contribution in [3.8, 4) is 0 Å². The van der Waals surface area contributed by atoms with E-state index in [2.05, 4.69) is 4.72 Å². The van der Waals surface area contributed by atoms with Crippen molar-refractivity contribution in [3.63, 3.8) is 0 Å². The van der Waals surface area contributed by atoms with Crippen LogP contribution in [-0.4, -0.2) is 62.0 Å². The Kier molecular flexibility index (Phi) is 7.00. The summed E-state index contributed by atoms with van der Waals surface area (Å²) < 4.78 is 33.3. The van der Waals surface area contributed by atoms with Gasteiger partial charge in [0.05, 0.1) is 10.6 Å². The monoisotopic (exact) mass is 479 g/mol. The van der Waals surface area contributed by atoms with Crippen LogP contribution in [0.2, 0.25) is 5.02 Å². The molecule has 10 heteroatoms. The van der Waals surface area contributed by atoms with Crippen molar-refractivity contribution < 1.29 is 22.7 Å². The average molecular weight is 480 g/mol. The van der Waals surface area contributed by atoms with Crippen LogP contribution in [0.4, 0.5) is 10.5 Å². The van der Waals surface area contributed by atoms with E-state index in [1.807, 2.05) is 0 Å². The standard InChI is InChI=1S/C22H26ClN3O5S/c1-22(2,3)31-21(28)26-12-10-25(11-13-26)20(27)16-6-4-9-19(14-16)32(29,30)24-18-8-5-7-17(23)15-18/h4-9,14-15,24H,10-13H2,1-3H3. The highest BCUT2D eigenvalue weighted by atomic mass is 35.5. The van der Waals surface area contributed by atoms with E-state index >= 15 is 0 Å². The molecule has 32 heavy (non-hydrogen) atoms. The zero-order valence-corrected chi connectivity index (χ0v) is 19.7. The van der Waals surface area contributed by atoms with Gasteiger partial charge in [-0.25, -0.2) is 13.2 Å². The summed E-state index contributed by atoms with van der Waals surface area (Å²) in [4.78, 5) is 28.3. The number of benzene rings is 2. The van der Waals surface area contributed by atoms with Crippen molar-refractivity contribution in [2.24, 2.45) is 0 Å². The van der Waals surface area contributed by atoms with Gasteiger partial charge in [-0.05, 0) is 57.2 Å². The lowest BCUT2D eigenvalue weighted by molar-refractivity contribution is 0.0141. The van der Waals surface area contributed by atoms with Gasteiger partial charge in [-0.2, -0.15) is 0 Å². The van der Waals surface area contributed by atoms with Gasteiger partial charge in [-0.1, -0.05) is 23.7 Å². The van der Waals surface area contributed by atoms with E-state index in [-0.39, 0.29) is 16.4 Å². The predicted molar refractivity (Wildman–Crippen MR) is 122 cm³/mol. The second-order valence-electron chi connectivity index (χ2n) is 8.40. The molecule has 0 unspecified atom stereocenters. The smallest absolute Gasteiger partial charge is 0.410 e. The van der Waals surface area contributed by atoms with Gasteiger partial charge in [-0.3, -0.25) is 9.52 Å². The normalized spacial score (nSPS) is 14.8. The fourth-order valence-electron chi connectivity index (χ4n) is 3.16. The molecule has 0 aliphatic carbocycles. The number of carbonyl (C=O) groups is 2. The zero-order valence-electron chi connectivity index (χ0n) is 18.2. The Morgan fingerprint density at radius 3 is 2.22 bits per heavy atom. The second-order valence-corrected chi connectivity index (χ2v) is 10.5. The van der Waals surface area contributed by atoms with Gasteiger partial charge in [0.2, 0.25) is 0 Å². The summed E-state index contributed by atoms with van der Waals surface area (Å²) in [5.41, 5.74) is -0.00748. The number of nitrogens with zero attached hydrogens (tertiary/aromatic N) is 2. The molecule has 1 aliphatic rings. The molecule has 0 aromatic heterocycles. The molecule has 0 radical (unpaired) electrons. The van der Waals surface area contributed by atoms with Gasteiger partial charge in [0.15, 0.2) is 0 Å². The van der Waals surface area contributed by atoms with E-state index in [9.17, 15) is 18.0 Å². The highest BCUT2D eigenvalue weighted by Crippen LogP contribution is 2.21. The summed E-state index contributed by atoms with van der Waals surface area (Å²) in [6.07, 6.45) is -0.412. The molecule has 1 fully saturated rings. The number of hydrogen-bond donors (Lipinski definition) is 1. The molecule has 0 saturated carbocycles. The minimum absolute atomic E-state index is 0.0317. The Hall–Kier alpha value is -2.78. The number of sulfonamides is 1. The molecule has 2 amide bonds. The number of halogens is 1. The number of amides is 2. The van der Waals surface area contributed by atoms with Crippen molar-refractivity contribution >= 4 is 39.3 Å². The Bertz CT molecular complexity index is 1110. The van der Waals surface area contributed by atoms with Gasteiger partial charge in [0, 0.05) is 36.8 Å². The third-order valence-electron chi connectivity index (χ3n) is 4.69. The van der Waals surface area contributed by atoms with Crippen LogP contribution >= 0.6 is 11.6 Å². The average Bonchev–Trinajstić information content (AvgIpc) is 2.72. The Morgan fingerprint density at radius 1 is 0.969 bits per heavy atom. The van der Waals surface area contributed by atoms with E-state index in [4.69, 9.17) is 16.3 Å². The number of rotatable bonds is 4. The maximum Gasteiger partial charge on any atom is 0.410 e. The lowest BCUT2D eigenvalue weighted by Crippen LogP contribution is -2.51. The van der Waals surface area contributed by atoms with Crippen LogP contribution in [0, 0.1) is 0 Å². The van der Waals surface area contributed by atoms with Crippen LogP contribution in [0.1, 0.15) is 31.1 Å². The molecule has 2 aromatic rings. The van der Waals surface area contributed by atoms with Crippen LogP contribution in [0.15, 0.2) is 53.4 Å². The first kappa shape index (κ1) is 23.9. The topological polar surface area (TPSA) is 96.0 Å². The number of hydrogen-bond acceptors (Lipinski definition) is 5. The number of anilines is 1. The van der Waals surface area contributed by atoms with Crippen molar-refractivity contribution in [2.75, 3.05) is 30.9 Å². The summed E-state index contributed by atoms with van der Waals surface area (Å²) in [6.45, 7) is 6.74. The first-order valence-corrected chi connectivity index (χ1v) is 12.0. The van der Waals surface area contributed by atoms with E-state index in [1.165, 1.54) is 24.3 Å². The molecule has 0 spiro atoms. The maximum atomic E-state index is 12.9. The molecule has 2 aromatic carbocycles. The van der Waals surface area contributed by atoms with Crippen LogP contribution in [0.25, 0.3) is 0 Å². The van der Waals surface area contributed by atoms with Gasteiger partial charge in [-0.15, -0.1) is 0 Å². The molecule has 0 bridgehead atoms. The molecule has 8 nitrogen and oxygen atoms in total. The summed E-state index contributed by atoms with van der Waals surface area (Å²) in [5.74, 6) is -0.298. The molecule has 1 N–H and O–H groups in total. The highest BCUT2D eigenvalue weighted by Gasteiger charge is 2.28. The van der Waals surface area contributed by atoms with Crippen molar-refractivity contribution in [2.45, 2.75) is 31.3 Å². The summed E-state index contributed by atoms with van der Waals surface area (Å²) >= 11 is 5.92. The fraction of sp³-hybridized carbons (Fsp3) is 0.364. The number of nitrogens with one attached hydrogen (secondary N) is 1. The Morgan fingerprint density at radius 2 is 1.59 bits per heavy atom. The third-order valence-corrected chi connectivity index (χ3v) is 6.30. The van der Waals surface area contributed by atoms with Crippen LogP contribution in [0.5, 0.6) is 0 Å². The zero-order chi connectivity index (χ0) is 23.5. The Balaban J connectivity index is 1.67. The molecule has 1 aliphatic heterocycles. The van der Waals surface area contributed by atoms with Gasteiger partial charge in [0.1, 0.15) is 5.60 Å². The SMILES string of the molecule is CC(C)(C)OC(=O)N1CCN(C(=O)c2cccc(S(=O)(=O)Nc3cccc(Cl)c3)c2)CC1. The van der Waals surface area contributed by atoms with Crippen LogP contribution in [0.3, 0.4) is 0 Å². The van der Waals surface area contributed by atoms with Crippen molar-refractivity contribution in [1.29, 1.82) is 0 Å². The molecular weight excluding hydrogens is 454 g/mol. The second kappa shape index (κ2) is 9.38. The van der Waals surface area contributed by atoms with Crippen LogP contribution < -0.4 is 4.72 Å². The highest BCUT2D eigenvalue weighted by molar-refractivity contribution is 7.92. The molecule has 1 saturated heterocycles. The maximum absolute atomic E-state index is 12.9. The largest absolute Gasteiger partial charge is 0.444 e. The first-order chi connectivity index (χ1) is 14.9. The summed E-state index contributed by atoms with van der Waals surface area (Å²) in [5, 5.41) is 0.402. The quantitative estimate of drug-likeness (QED) is 0.718. The minimum Gasteiger partial charge on any atom is -0.444 e. The van der Waals surface area contributed by atoms with Gasteiger partial charge in [0.25, 0.3) is 15.9 Å². The van der Waals surface area contributed by atoms with E-state index in [0.29, 0.717) is 36.9 Å². The van der Waals surface area contributed by atoms with E-state index in [0.717, 1.165) is 0 Å². The molecule has 3 rings (SSSR count). The van der Waals surface area contributed by atoms with Gasteiger partial charge < -0.3 is 14.5 Å². The molecule has 0 atom stereocenters. The minimum atomic E-state index is -3.90. The molecular formula is C22H26ClN3O5S. The number of carbonyl (C=O) groups excluding carboxylic acids is 2. The lowest BCUT2D eigenvalue weighted by atomic mass is 10.2. The van der Waals surface area contributed by atoms with Crippen molar-refractivity contribution in [1.82, 2.24) is 9.80 Å². The van der Waals surface area contributed by atoms with Crippen LogP contribution in [-0.2, 0) is 14.8 Å². The van der Waals surface area contributed by atoms with E-state index < -0.39 is 21.7 Å². The molecule has 1 heterocycles. The lowest BCUT2D eigenvalue weighted by Gasteiger charge is -2.35. The van der Waals surface area contributed by atoms with E-state index in [1.54, 1.807) is 54.8 Å².